The molecule has 0 radical (unpaired) electrons. The molecule has 18 heavy (non-hydrogen) atoms. The number of hydrogen-bond donors (Lipinski definition) is 2. The van der Waals surface area contributed by atoms with Crippen molar-refractivity contribution < 1.29 is 0 Å². The van der Waals surface area contributed by atoms with E-state index in [1.807, 2.05) is 4.68 Å². The first kappa shape index (κ1) is 14.9. The maximum atomic E-state index is 5.72. The Morgan fingerprint density at radius 2 is 2.17 bits per heavy atom. The van der Waals surface area contributed by atoms with Crippen molar-refractivity contribution in [3.05, 3.63) is 6.33 Å². The van der Waals surface area contributed by atoms with Crippen LogP contribution < -0.4 is 11.1 Å². The van der Waals surface area contributed by atoms with Crippen molar-refractivity contribution in [2.75, 3.05) is 18.8 Å². The normalized spacial score (nSPS) is 19.0. The Hall–Kier alpha value is -1.18. The number of nitrogens with two attached hydrogens (primary N) is 1. The molecular weight excluding hydrogens is 277 g/mol. The molecule has 7 nitrogen and oxygen atoms in total. The minimum Gasteiger partial charge on any atom is -0.382 e. The number of nitrogen functional groups attached to an aromatic ring is 1. The summed E-state index contributed by atoms with van der Waals surface area (Å²) in [6.45, 7) is 1.97. The second-order valence-corrected chi connectivity index (χ2v) is 3.97. The van der Waals surface area contributed by atoms with Crippen LogP contribution >= 0.6 is 24.8 Å². The van der Waals surface area contributed by atoms with Crippen molar-refractivity contribution in [2.24, 2.45) is 0 Å². The molecule has 100 valence electrons. The average Bonchev–Trinajstić information content (AvgIpc) is 2.75. The first-order chi connectivity index (χ1) is 7.86. The first-order valence-corrected chi connectivity index (χ1v) is 5.38. The topological polar surface area (TPSA) is 94.5 Å². The average molecular weight is 292 g/mol. The predicted molar refractivity (Wildman–Crippen MR) is 73.2 cm³/mol. The van der Waals surface area contributed by atoms with Crippen molar-refractivity contribution >= 4 is 41.8 Å². The Morgan fingerprint density at radius 3 is 2.89 bits per heavy atom. The van der Waals surface area contributed by atoms with Gasteiger partial charge in [0.25, 0.3) is 0 Å². The number of halogens is 2. The van der Waals surface area contributed by atoms with Gasteiger partial charge in [-0.05, 0) is 19.4 Å². The van der Waals surface area contributed by atoms with Gasteiger partial charge in [-0.2, -0.15) is 0 Å². The number of fused-ring (bicyclic) bond motifs is 1. The predicted octanol–water partition coefficient (Wildman–Crippen LogP) is 0.572. The quantitative estimate of drug-likeness (QED) is 0.798. The van der Waals surface area contributed by atoms with Gasteiger partial charge in [0.2, 0.25) is 0 Å². The zero-order chi connectivity index (χ0) is 11.0. The highest BCUT2D eigenvalue weighted by Gasteiger charge is 2.19. The number of nitrogens with zero attached hydrogens (tertiary/aromatic N) is 5. The molecule has 1 atom stereocenters. The molecule has 0 aliphatic carbocycles. The number of nitrogens with one attached hydrogen (secondary N) is 1. The Balaban J connectivity index is 0.000000810. The van der Waals surface area contributed by atoms with E-state index in [-0.39, 0.29) is 24.8 Å². The van der Waals surface area contributed by atoms with E-state index in [0.717, 1.165) is 31.6 Å². The van der Waals surface area contributed by atoms with Gasteiger partial charge in [-0.1, -0.05) is 5.21 Å². The van der Waals surface area contributed by atoms with E-state index < -0.39 is 0 Å². The van der Waals surface area contributed by atoms with Crippen molar-refractivity contribution in [3.63, 3.8) is 0 Å². The number of rotatable bonds is 1. The lowest BCUT2D eigenvalue weighted by atomic mass is 10.1. The van der Waals surface area contributed by atoms with Crippen LogP contribution in [0.4, 0.5) is 5.82 Å². The second-order valence-electron chi connectivity index (χ2n) is 3.97. The van der Waals surface area contributed by atoms with Crippen LogP contribution in [-0.2, 0) is 0 Å². The van der Waals surface area contributed by atoms with Gasteiger partial charge in [-0.25, -0.2) is 14.6 Å². The Labute approximate surface area is 116 Å². The lowest BCUT2D eigenvalue weighted by Gasteiger charge is -2.22. The molecule has 1 saturated heterocycles. The van der Waals surface area contributed by atoms with Gasteiger partial charge in [0.15, 0.2) is 17.0 Å². The van der Waals surface area contributed by atoms with Gasteiger partial charge in [-0.15, -0.1) is 29.9 Å². The molecule has 3 N–H and O–H groups in total. The largest absolute Gasteiger partial charge is 0.382 e. The molecular formula is C9H15Cl2N7. The van der Waals surface area contributed by atoms with Crippen molar-refractivity contribution in [2.45, 2.75) is 18.9 Å². The highest BCUT2D eigenvalue weighted by atomic mass is 35.5. The van der Waals surface area contributed by atoms with Crippen LogP contribution in [0.15, 0.2) is 6.33 Å². The number of piperidine rings is 1. The molecule has 1 fully saturated rings. The summed E-state index contributed by atoms with van der Waals surface area (Å²) >= 11 is 0. The molecule has 3 heterocycles. The van der Waals surface area contributed by atoms with Crippen LogP contribution in [0.25, 0.3) is 11.2 Å². The van der Waals surface area contributed by atoms with Gasteiger partial charge in [0, 0.05) is 6.54 Å². The zero-order valence-corrected chi connectivity index (χ0v) is 11.2. The van der Waals surface area contributed by atoms with Gasteiger partial charge in [0.1, 0.15) is 6.33 Å². The molecule has 2 aromatic rings. The summed E-state index contributed by atoms with van der Waals surface area (Å²) in [5.41, 5.74) is 7.03. The monoisotopic (exact) mass is 291 g/mol. The molecule has 0 spiro atoms. The molecule has 1 aliphatic rings. The van der Waals surface area contributed by atoms with Crippen molar-refractivity contribution in [3.8, 4) is 0 Å². The van der Waals surface area contributed by atoms with Crippen LogP contribution in [0.2, 0.25) is 0 Å². The third kappa shape index (κ3) is 2.47. The van der Waals surface area contributed by atoms with Crippen LogP contribution in [0, 0.1) is 0 Å². The van der Waals surface area contributed by atoms with Crippen LogP contribution in [0.3, 0.4) is 0 Å². The maximum absolute atomic E-state index is 5.72. The van der Waals surface area contributed by atoms with Gasteiger partial charge in [0.05, 0.1) is 6.04 Å². The molecule has 0 saturated carbocycles. The minimum atomic E-state index is 0. The summed E-state index contributed by atoms with van der Waals surface area (Å²) in [7, 11) is 0. The summed E-state index contributed by atoms with van der Waals surface area (Å²) in [6.07, 6.45) is 3.69. The second kappa shape index (κ2) is 6.12. The van der Waals surface area contributed by atoms with Gasteiger partial charge in [-0.3, -0.25) is 0 Å². The zero-order valence-electron chi connectivity index (χ0n) is 9.61. The summed E-state index contributed by atoms with van der Waals surface area (Å²) < 4.78 is 1.85. The summed E-state index contributed by atoms with van der Waals surface area (Å²) in [5, 5.41) is 11.5. The highest BCUT2D eigenvalue weighted by molar-refractivity contribution is 5.85. The Bertz CT molecular complexity index is 509. The lowest BCUT2D eigenvalue weighted by molar-refractivity contribution is 0.347. The third-order valence-electron chi connectivity index (χ3n) is 2.91. The smallest absolute Gasteiger partial charge is 0.184 e. The molecule has 0 unspecified atom stereocenters. The Kier molecular flexibility index (Phi) is 5.06. The van der Waals surface area contributed by atoms with Crippen LogP contribution in [0.5, 0.6) is 0 Å². The molecule has 9 heteroatoms. The fourth-order valence-electron chi connectivity index (χ4n) is 2.07. The van der Waals surface area contributed by atoms with Crippen molar-refractivity contribution in [1.82, 2.24) is 30.3 Å². The standard InChI is InChI=1S/C9H13N7.2ClH/c10-8-7-9(13-5-12-8)16(15-14-7)6-2-1-3-11-4-6;;/h5-6,11H,1-4H2,(H2,10,12,13);2*1H/t6-;;/m1../s1. The van der Waals surface area contributed by atoms with E-state index in [4.69, 9.17) is 5.73 Å². The fraction of sp³-hybridized carbons (Fsp3) is 0.556. The molecule has 0 aromatic carbocycles. The SMILES string of the molecule is Cl.Cl.Nc1ncnc2c1nnn2[C@@H]1CCCNC1. The summed E-state index contributed by atoms with van der Waals surface area (Å²) in [5.74, 6) is 0.389. The van der Waals surface area contributed by atoms with Crippen LogP contribution in [-0.4, -0.2) is 38.1 Å². The molecule has 1 aliphatic heterocycles. The third-order valence-corrected chi connectivity index (χ3v) is 2.91. The van der Waals surface area contributed by atoms with E-state index in [0.29, 0.717) is 17.4 Å². The maximum Gasteiger partial charge on any atom is 0.184 e. The first-order valence-electron chi connectivity index (χ1n) is 5.38. The minimum absolute atomic E-state index is 0. The number of anilines is 1. The molecule has 3 rings (SSSR count). The lowest BCUT2D eigenvalue weighted by Crippen LogP contribution is -2.32. The van der Waals surface area contributed by atoms with Gasteiger partial charge >= 0.3 is 0 Å². The van der Waals surface area contributed by atoms with Crippen LogP contribution in [0.1, 0.15) is 18.9 Å². The molecule has 2 aromatic heterocycles. The fourth-order valence-corrected chi connectivity index (χ4v) is 2.07. The van der Waals surface area contributed by atoms with E-state index in [2.05, 4.69) is 25.6 Å². The van der Waals surface area contributed by atoms with Crippen molar-refractivity contribution in [1.29, 1.82) is 0 Å². The summed E-state index contributed by atoms with van der Waals surface area (Å²) in [6, 6.07) is 0.313. The van der Waals surface area contributed by atoms with E-state index in [1.54, 1.807) is 0 Å². The summed E-state index contributed by atoms with van der Waals surface area (Å²) in [4.78, 5) is 8.10. The van der Waals surface area contributed by atoms with Gasteiger partial charge < -0.3 is 11.1 Å². The number of hydrogen-bond acceptors (Lipinski definition) is 6. The van der Waals surface area contributed by atoms with E-state index >= 15 is 0 Å². The number of aromatic nitrogens is 5. The molecule has 0 amide bonds. The van der Waals surface area contributed by atoms with E-state index in [9.17, 15) is 0 Å². The molecule has 0 bridgehead atoms. The van der Waals surface area contributed by atoms with E-state index in [1.165, 1.54) is 6.33 Å². The Morgan fingerprint density at radius 1 is 1.33 bits per heavy atom. The highest BCUT2D eigenvalue weighted by Crippen LogP contribution is 2.20.